The summed E-state index contributed by atoms with van der Waals surface area (Å²) in [7, 11) is -3.56. The molecule has 8 heteroatoms. The van der Waals surface area contributed by atoms with Crippen LogP contribution < -0.4 is 10.5 Å². The van der Waals surface area contributed by atoms with Gasteiger partial charge in [0.2, 0.25) is 10.0 Å². The van der Waals surface area contributed by atoms with Crippen molar-refractivity contribution in [2.24, 2.45) is 5.14 Å². The average molecular weight is 335 g/mol. The third-order valence-corrected chi connectivity index (χ3v) is 3.91. The Morgan fingerprint density at radius 2 is 1.78 bits per heavy atom. The van der Waals surface area contributed by atoms with Crippen molar-refractivity contribution in [1.29, 1.82) is 0 Å². The van der Waals surface area contributed by atoms with E-state index in [9.17, 15) is 18.0 Å². The summed E-state index contributed by atoms with van der Waals surface area (Å²) in [5, 5.41) is 7.69. The number of nitrogens with two attached hydrogens (primary N) is 1. The number of hydrogen-bond acceptors (Lipinski definition) is 4. The monoisotopic (exact) mass is 335 g/mol. The van der Waals surface area contributed by atoms with Gasteiger partial charge in [-0.2, -0.15) is 0 Å². The SMILES string of the molecule is CC(=O)c1c[nH]c(C(=O)NCc2ccc(CS(N)(=O)=O)cc2)c1. The minimum absolute atomic E-state index is 0.120. The van der Waals surface area contributed by atoms with E-state index in [1.54, 1.807) is 24.3 Å². The van der Waals surface area contributed by atoms with E-state index in [4.69, 9.17) is 5.14 Å². The standard InChI is InChI=1S/C15H17N3O4S/c1-10(19)13-6-14(17-8-13)15(20)18-7-11-2-4-12(5-3-11)9-23(16,21)22/h2-6,8,17H,7,9H2,1H3,(H,18,20)(H2,16,21,22). The molecule has 0 fully saturated rings. The number of sulfonamides is 1. The van der Waals surface area contributed by atoms with Gasteiger partial charge >= 0.3 is 0 Å². The highest BCUT2D eigenvalue weighted by Crippen LogP contribution is 2.08. The fourth-order valence-electron chi connectivity index (χ4n) is 1.99. The van der Waals surface area contributed by atoms with Crippen molar-refractivity contribution < 1.29 is 18.0 Å². The fourth-order valence-corrected chi connectivity index (χ4v) is 2.65. The highest BCUT2D eigenvalue weighted by atomic mass is 32.2. The summed E-state index contributed by atoms with van der Waals surface area (Å²) in [4.78, 5) is 25.9. The maximum absolute atomic E-state index is 12.0. The van der Waals surface area contributed by atoms with Gasteiger partial charge in [0.15, 0.2) is 5.78 Å². The van der Waals surface area contributed by atoms with Crippen LogP contribution in [0.1, 0.15) is 38.9 Å². The number of amides is 1. The molecule has 122 valence electrons. The van der Waals surface area contributed by atoms with Crippen LogP contribution in [0.2, 0.25) is 0 Å². The highest BCUT2D eigenvalue weighted by Gasteiger charge is 2.10. The molecule has 4 N–H and O–H groups in total. The van der Waals surface area contributed by atoms with Crippen molar-refractivity contribution in [2.45, 2.75) is 19.2 Å². The van der Waals surface area contributed by atoms with Gasteiger partial charge in [-0.05, 0) is 24.1 Å². The molecule has 0 saturated carbocycles. The lowest BCUT2D eigenvalue weighted by Gasteiger charge is -2.05. The first-order chi connectivity index (χ1) is 10.7. The summed E-state index contributed by atoms with van der Waals surface area (Å²) >= 11 is 0. The van der Waals surface area contributed by atoms with Crippen molar-refractivity contribution >= 4 is 21.7 Å². The number of hydrogen-bond donors (Lipinski definition) is 3. The lowest BCUT2D eigenvalue weighted by molar-refractivity contribution is 0.0946. The molecule has 0 spiro atoms. The van der Waals surface area contributed by atoms with Crippen molar-refractivity contribution in [3.63, 3.8) is 0 Å². The second-order valence-electron chi connectivity index (χ2n) is 5.16. The van der Waals surface area contributed by atoms with Crippen LogP contribution in [0.15, 0.2) is 36.5 Å². The van der Waals surface area contributed by atoms with E-state index in [0.29, 0.717) is 16.8 Å². The molecule has 23 heavy (non-hydrogen) atoms. The van der Waals surface area contributed by atoms with Crippen LogP contribution in [0.4, 0.5) is 0 Å². The Morgan fingerprint density at radius 1 is 1.17 bits per heavy atom. The van der Waals surface area contributed by atoms with Gasteiger partial charge in [-0.25, -0.2) is 13.6 Å². The fraction of sp³-hybridized carbons (Fsp3) is 0.200. The second-order valence-corrected chi connectivity index (χ2v) is 6.78. The number of aromatic nitrogens is 1. The molecule has 0 unspecified atom stereocenters. The molecule has 0 atom stereocenters. The zero-order valence-electron chi connectivity index (χ0n) is 12.5. The summed E-state index contributed by atoms with van der Waals surface area (Å²) in [5.41, 5.74) is 2.15. The lowest BCUT2D eigenvalue weighted by atomic mass is 10.1. The number of Topliss-reactive ketones (excluding diaryl/α,β-unsaturated/α-hetero) is 1. The molecule has 0 radical (unpaired) electrons. The van der Waals surface area contributed by atoms with Gasteiger partial charge in [-0.15, -0.1) is 0 Å². The molecule has 1 aromatic heterocycles. The van der Waals surface area contributed by atoms with E-state index >= 15 is 0 Å². The van der Waals surface area contributed by atoms with Crippen LogP contribution in [0.3, 0.4) is 0 Å². The smallest absolute Gasteiger partial charge is 0.267 e. The molecule has 1 heterocycles. The van der Waals surface area contributed by atoms with Crippen molar-refractivity contribution in [1.82, 2.24) is 10.3 Å². The molecular weight excluding hydrogens is 318 g/mol. The number of nitrogens with one attached hydrogen (secondary N) is 2. The number of carbonyl (C=O) groups is 2. The number of carbonyl (C=O) groups excluding carboxylic acids is 2. The van der Waals surface area contributed by atoms with Crippen LogP contribution in [0, 0.1) is 0 Å². The molecule has 0 bridgehead atoms. The maximum Gasteiger partial charge on any atom is 0.267 e. The Balaban J connectivity index is 1.94. The van der Waals surface area contributed by atoms with Crippen molar-refractivity contribution in [3.8, 4) is 0 Å². The first kappa shape index (κ1) is 16.9. The van der Waals surface area contributed by atoms with E-state index < -0.39 is 10.0 Å². The summed E-state index contributed by atoms with van der Waals surface area (Å²) < 4.78 is 22.0. The van der Waals surface area contributed by atoms with Gasteiger partial charge in [-0.3, -0.25) is 9.59 Å². The van der Waals surface area contributed by atoms with Crippen LogP contribution in [-0.4, -0.2) is 25.1 Å². The Labute approximate surface area is 133 Å². The van der Waals surface area contributed by atoms with Crippen molar-refractivity contribution in [2.75, 3.05) is 0 Å². The third kappa shape index (κ3) is 5.04. The minimum Gasteiger partial charge on any atom is -0.356 e. The number of ketones is 1. The van der Waals surface area contributed by atoms with Gasteiger partial charge < -0.3 is 10.3 Å². The predicted octanol–water partition coefficient (Wildman–Crippen LogP) is 0.936. The van der Waals surface area contributed by atoms with E-state index in [0.717, 1.165) is 5.56 Å². The number of benzene rings is 1. The summed E-state index contributed by atoms with van der Waals surface area (Å²) in [6, 6.07) is 8.22. The highest BCUT2D eigenvalue weighted by molar-refractivity contribution is 7.88. The van der Waals surface area contributed by atoms with Crippen LogP contribution >= 0.6 is 0 Å². The molecule has 2 aromatic rings. The van der Waals surface area contributed by atoms with Gasteiger partial charge in [0.25, 0.3) is 5.91 Å². The van der Waals surface area contributed by atoms with E-state index in [1.807, 2.05) is 0 Å². The van der Waals surface area contributed by atoms with E-state index in [1.165, 1.54) is 19.2 Å². The third-order valence-electron chi connectivity index (χ3n) is 3.18. The quantitative estimate of drug-likeness (QED) is 0.680. The predicted molar refractivity (Wildman–Crippen MR) is 85.2 cm³/mol. The van der Waals surface area contributed by atoms with Gasteiger partial charge in [0.1, 0.15) is 5.69 Å². The summed E-state index contributed by atoms with van der Waals surface area (Å²) in [6.45, 7) is 1.71. The van der Waals surface area contributed by atoms with Crippen molar-refractivity contribution in [3.05, 3.63) is 58.9 Å². The number of aromatic amines is 1. The first-order valence-electron chi connectivity index (χ1n) is 6.80. The van der Waals surface area contributed by atoms with Gasteiger partial charge in [0.05, 0.1) is 5.75 Å². The number of primary sulfonamides is 1. The maximum atomic E-state index is 12.0. The first-order valence-corrected chi connectivity index (χ1v) is 8.52. The minimum atomic E-state index is -3.56. The topological polar surface area (TPSA) is 122 Å². The molecule has 0 saturated heterocycles. The lowest BCUT2D eigenvalue weighted by Crippen LogP contribution is -2.23. The Hall–Kier alpha value is -2.45. The Bertz CT molecular complexity index is 823. The molecule has 1 amide bonds. The largest absolute Gasteiger partial charge is 0.356 e. The van der Waals surface area contributed by atoms with Crippen LogP contribution in [0.5, 0.6) is 0 Å². The summed E-state index contributed by atoms with van der Waals surface area (Å²) in [5.74, 6) is -0.674. The zero-order chi connectivity index (χ0) is 17.0. The van der Waals surface area contributed by atoms with Gasteiger partial charge in [0, 0.05) is 18.3 Å². The van der Waals surface area contributed by atoms with Crippen LogP contribution in [-0.2, 0) is 22.3 Å². The normalized spacial score (nSPS) is 11.2. The Kier molecular flexibility index (Phi) is 4.97. The zero-order valence-corrected chi connectivity index (χ0v) is 13.3. The molecular formula is C15H17N3O4S. The number of rotatable bonds is 6. The average Bonchev–Trinajstić information content (AvgIpc) is 2.94. The summed E-state index contributed by atoms with van der Waals surface area (Å²) in [6.07, 6.45) is 1.49. The molecule has 7 nitrogen and oxygen atoms in total. The van der Waals surface area contributed by atoms with E-state index in [-0.39, 0.29) is 24.0 Å². The van der Waals surface area contributed by atoms with Crippen LogP contribution in [0.25, 0.3) is 0 Å². The van der Waals surface area contributed by atoms with E-state index in [2.05, 4.69) is 10.3 Å². The number of H-pyrrole nitrogens is 1. The Morgan fingerprint density at radius 3 is 2.30 bits per heavy atom. The second kappa shape index (κ2) is 6.76. The molecule has 1 aromatic carbocycles. The molecule has 2 rings (SSSR count). The molecule has 0 aliphatic carbocycles. The molecule has 0 aliphatic heterocycles. The van der Waals surface area contributed by atoms with Gasteiger partial charge in [-0.1, -0.05) is 24.3 Å². The molecule has 0 aliphatic rings.